The molecular formula is C18H13N3O2. The zero-order valence-corrected chi connectivity index (χ0v) is 12.1. The van der Waals surface area contributed by atoms with Crippen LogP contribution < -0.4 is 5.56 Å². The Bertz CT molecular complexity index is 995. The maximum atomic E-state index is 12.2. The fourth-order valence-electron chi connectivity index (χ4n) is 2.64. The molecule has 23 heavy (non-hydrogen) atoms. The van der Waals surface area contributed by atoms with Crippen molar-refractivity contribution in [3.05, 3.63) is 76.1 Å². The van der Waals surface area contributed by atoms with Gasteiger partial charge in [0, 0.05) is 17.4 Å². The molecule has 0 aliphatic carbocycles. The third-order valence-corrected chi connectivity index (χ3v) is 3.78. The van der Waals surface area contributed by atoms with E-state index in [-0.39, 0.29) is 17.0 Å². The van der Waals surface area contributed by atoms with E-state index in [0.29, 0.717) is 5.69 Å². The predicted molar refractivity (Wildman–Crippen MR) is 90.5 cm³/mol. The summed E-state index contributed by atoms with van der Waals surface area (Å²) >= 11 is 0. The molecule has 2 N–H and O–H groups in total. The maximum absolute atomic E-state index is 12.2. The fourth-order valence-corrected chi connectivity index (χ4v) is 2.64. The lowest BCUT2D eigenvalue weighted by atomic mass is 10.1. The van der Waals surface area contributed by atoms with Gasteiger partial charge in [0.2, 0.25) is 5.88 Å². The Morgan fingerprint density at radius 1 is 1.04 bits per heavy atom. The summed E-state index contributed by atoms with van der Waals surface area (Å²) in [5, 5.41) is 13.1. The lowest BCUT2D eigenvalue weighted by Crippen LogP contribution is -2.05. The summed E-state index contributed by atoms with van der Waals surface area (Å²) in [5.74, 6) is -0.119. The van der Waals surface area contributed by atoms with Gasteiger partial charge in [-0.15, -0.1) is 0 Å². The Kier molecular flexibility index (Phi) is 2.98. The van der Waals surface area contributed by atoms with Crippen LogP contribution in [0.3, 0.4) is 0 Å². The molecule has 0 saturated carbocycles. The van der Waals surface area contributed by atoms with Crippen molar-refractivity contribution in [2.24, 2.45) is 4.99 Å². The molecule has 1 aromatic heterocycles. The van der Waals surface area contributed by atoms with Gasteiger partial charge < -0.3 is 5.11 Å². The highest BCUT2D eigenvalue weighted by atomic mass is 16.3. The molecular weight excluding hydrogens is 290 g/mol. The highest BCUT2D eigenvalue weighted by Gasteiger charge is 2.17. The normalized spacial score (nSPS) is 14.3. The third-order valence-electron chi connectivity index (χ3n) is 3.78. The van der Waals surface area contributed by atoms with E-state index in [2.05, 4.69) is 10.1 Å². The van der Waals surface area contributed by atoms with Crippen molar-refractivity contribution in [2.75, 3.05) is 0 Å². The summed E-state index contributed by atoms with van der Waals surface area (Å²) in [6.07, 6.45) is 3.35. The van der Waals surface area contributed by atoms with Gasteiger partial charge in [0.05, 0.1) is 11.4 Å². The van der Waals surface area contributed by atoms with Crippen LogP contribution in [0, 0.1) is 0 Å². The number of nitrogens with zero attached hydrogens (tertiary/aromatic N) is 2. The molecule has 0 fully saturated rings. The lowest BCUT2D eigenvalue weighted by Gasteiger charge is -2.03. The van der Waals surface area contributed by atoms with Gasteiger partial charge in [-0.25, -0.2) is 4.68 Å². The second-order valence-electron chi connectivity index (χ2n) is 5.22. The Balaban J connectivity index is 1.83. The average Bonchev–Trinajstić information content (AvgIpc) is 3.12. The highest BCUT2D eigenvalue weighted by Crippen LogP contribution is 2.33. The molecule has 0 amide bonds. The minimum Gasteiger partial charge on any atom is -0.493 e. The molecule has 0 radical (unpaired) electrons. The number of H-pyrrole nitrogens is 1. The first-order valence-electron chi connectivity index (χ1n) is 7.18. The molecule has 2 aromatic carbocycles. The van der Waals surface area contributed by atoms with Gasteiger partial charge in [-0.2, -0.15) is 0 Å². The first-order valence-corrected chi connectivity index (χ1v) is 7.18. The van der Waals surface area contributed by atoms with E-state index in [0.717, 1.165) is 16.8 Å². The maximum Gasteiger partial charge on any atom is 0.275 e. The van der Waals surface area contributed by atoms with Gasteiger partial charge in [0.15, 0.2) is 0 Å². The number of nitrogens with one attached hydrogen (secondary N) is 1. The van der Waals surface area contributed by atoms with Gasteiger partial charge in [-0.05, 0) is 24.3 Å². The van der Waals surface area contributed by atoms with Crippen LogP contribution >= 0.6 is 0 Å². The number of hydrogen-bond acceptors (Lipinski definition) is 3. The van der Waals surface area contributed by atoms with Gasteiger partial charge in [-0.3, -0.25) is 14.9 Å². The molecule has 4 rings (SSSR count). The van der Waals surface area contributed by atoms with Crippen molar-refractivity contribution >= 4 is 23.6 Å². The second-order valence-corrected chi connectivity index (χ2v) is 5.22. The van der Waals surface area contributed by atoms with Gasteiger partial charge >= 0.3 is 0 Å². The highest BCUT2D eigenvalue weighted by molar-refractivity contribution is 6.21. The number of allylic oxidation sites excluding steroid dienone is 1. The molecule has 0 bridgehead atoms. The minimum absolute atomic E-state index is 0.119. The molecule has 1 aliphatic rings. The number of aromatic amines is 1. The Morgan fingerprint density at radius 2 is 1.78 bits per heavy atom. The number of aromatic hydroxyl groups is 1. The molecule has 5 nitrogen and oxygen atoms in total. The number of benzene rings is 2. The summed E-state index contributed by atoms with van der Waals surface area (Å²) in [6, 6.07) is 16.8. The van der Waals surface area contributed by atoms with Crippen LogP contribution in [0.1, 0.15) is 11.1 Å². The van der Waals surface area contributed by atoms with Crippen LogP contribution in [-0.4, -0.2) is 21.1 Å². The van der Waals surface area contributed by atoms with Gasteiger partial charge in [0.25, 0.3) is 5.56 Å². The third kappa shape index (κ3) is 2.19. The number of para-hydroxylation sites is 2. The Morgan fingerprint density at radius 3 is 2.61 bits per heavy atom. The summed E-state index contributed by atoms with van der Waals surface area (Å²) in [5.41, 5.74) is 3.15. The minimum atomic E-state index is -0.350. The molecule has 112 valence electrons. The van der Waals surface area contributed by atoms with Crippen LogP contribution in [0.2, 0.25) is 0 Å². The van der Waals surface area contributed by atoms with E-state index in [1.165, 1.54) is 4.68 Å². The van der Waals surface area contributed by atoms with Crippen molar-refractivity contribution in [3.8, 4) is 11.6 Å². The number of hydrogen-bond donors (Lipinski definition) is 2. The zero-order chi connectivity index (χ0) is 15.8. The van der Waals surface area contributed by atoms with Crippen LogP contribution in [-0.2, 0) is 0 Å². The van der Waals surface area contributed by atoms with Crippen molar-refractivity contribution < 1.29 is 5.11 Å². The molecule has 0 unspecified atom stereocenters. The number of fused-ring (bicyclic) bond motifs is 1. The topological polar surface area (TPSA) is 70.4 Å². The molecule has 0 spiro atoms. The summed E-state index contributed by atoms with van der Waals surface area (Å²) in [6.45, 7) is 0. The monoisotopic (exact) mass is 303 g/mol. The number of aliphatic imine (C=N–C) groups is 1. The molecule has 1 aliphatic heterocycles. The summed E-state index contributed by atoms with van der Waals surface area (Å²) in [7, 11) is 0. The van der Waals surface area contributed by atoms with E-state index >= 15 is 0 Å². The zero-order valence-electron chi connectivity index (χ0n) is 12.1. The van der Waals surface area contributed by atoms with Crippen molar-refractivity contribution in [1.29, 1.82) is 0 Å². The fraction of sp³-hybridized carbons (Fsp3) is 0. The molecule has 5 heteroatoms. The summed E-state index contributed by atoms with van der Waals surface area (Å²) < 4.78 is 1.37. The quantitative estimate of drug-likeness (QED) is 0.763. The Labute approximate surface area is 131 Å². The van der Waals surface area contributed by atoms with Gasteiger partial charge in [0.1, 0.15) is 5.56 Å². The number of aromatic nitrogens is 2. The first kappa shape index (κ1) is 13.3. The SMILES string of the molecule is O=c1[nH]n(-c2ccccc2)c(O)c1/C=C1\C=Nc2ccccc21. The van der Waals surface area contributed by atoms with Crippen molar-refractivity contribution in [1.82, 2.24) is 9.78 Å². The largest absolute Gasteiger partial charge is 0.493 e. The lowest BCUT2D eigenvalue weighted by molar-refractivity contribution is 0.432. The van der Waals surface area contributed by atoms with Crippen molar-refractivity contribution in [3.63, 3.8) is 0 Å². The average molecular weight is 303 g/mol. The molecule has 0 atom stereocenters. The van der Waals surface area contributed by atoms with Crippen LogP contribution in [0.15, 0.2) is 64.4 Å². The summed E-state index contributed by atoms with van der Waals surface area (Å²) in [4.78, 5) is 16.5. The van der Waals surface area contributed by atoms with E-state index in [1.807, 2.05) is 42.5 Å². The number of rotatable bonds is 2. The molecule has 0 saturated heterocycles. The van der Waals surface area contributed by atoms with Crippen molar-refractivity contribution in [2.45, 2.75) is 0 Å². The van der Waals surface area contributed by atoms with E-state index in [1.54, 1.807) is 24.4 Å². The van der Waals surface area contributed by atoms with E-state index < -0.39 is 0 Å². The van der Waals surface area contributed by atoms with Crippen LogP contribution in [0.5, 0.6) is 5.88 Å². The molecule has 3 aromatic rings. The van der Waals surface area contributed by atoms with Crippen LogP contribution in [0.25, 0.3) is 17.3 Å². The van der Waals surface area contributed by atoms with Gasteiger partial charge in [-0.1, -0.05) is 36.4 Å². The first-order chi connectivity index (χ1) is 11.2. The Hall–Kier alpha value is -3.34. The second kappa shape index (κ2) is 5.14. The van der Waals surface area contributed by atoms with E-state index in [9.17, 15) is 9.90 Å². The van der Waals surface area contributed by atoms with E-state index in [4.69, 9.17) is 0 Å². The van der Waals surface area contributed by atoms with Crippen LogP contribution in [0.4, 0.5) is 5.69 Å². The molecule has 2 heterocycles. The predicted octanol–water partition coefficient (Wildman–Crippen LogP) is 3.13. The smallest absolute Gasteiger partial charge is 0.275 e. The standard InChI is InChI=1S/C18H13N3O2/c22-17-15(10-12-11-19-16-9-5-4-8-14(12)16)18(23)21(20-17)13-6-2-1-3-7-13/h1-11,23H,(H,20,22)/b12-10+.